The zero-order valence-corrected chi connectivity index (χ0v) is 15.4. The summed E-state index contributed by atoms with van der Waals surface area (Å²) in [5, 5.41) is 19.4. The van der Waals surface area contributed by atoms with Crippen molar-refractivity contribution in [2.75, 3.05) is 5.73 Å². The molecule has 0 aliphatic carbocycles. The number of carbonyl (C=O) groups is 1. The number of benzene rings is 2. The highest BCUT2D eigenvalue weighted by atomic mass is 16.6. The van der Waals surface area contributed by atoms with E-state index in [1.54, 1.807) is 6.21 Å². The monoisotopic (exact) mass is 388 g/mol. The van der Waals surface area contributed by atoms with Crippen LogP contribution in [0.4, 0.5) is 5.82 Å². The maximum Gasteiger partial charge on any atom is 0.292 e. The predicted octanol–water partition coefficient (Wildman–Crippen LogP) is 1.97. The molecule has 0 radical (unpaired) electrons. The summed E-state index contributed by atoms with van der Waals surface area (Å²) in [6.45, 7) is 1.95. The van der Waals surface area contributed by atoms with Crippen molar-refractivity contribution in [3.63, 3.8) is 0 Å². The van der Waals surface area contributed by atoms with Crippen LogP contribution in [0.3, 0.4) is 0 Å². The number of nitrogens with zero attached hydrogens (tertiary/aromatic N) is 6. The highest BCUT2D eigenvalue weighted by Gasteiger charge is 2.25. The first kappa shape index (κ1) is 18.0. The Labute approximate surface area is 165 Å². The van der Waals surface area contributed by atoms with Gasteiger partial charge in [-0.15, -0.1) is 5.10 Å². The molecule has 0 spiro atoms. The van der Waals surface area contributed by atoms with Crippen molar-refractivity contribution in [1.29, 1.82) is 0 Å². The van der Waals surface area contributed by atoms with E-state index < -0.39 is 5.91 Å². The van der Waals surface area contributed by atoms with Crippen molar-refractivity contribution in [2.45, 2.75) is 6.92 Å². The smallest absolute Gasteiger partial charge is 0.292 e. The molecule has 10 heteroatoms. The molecule has 2 aromatic heterocycles. The number of amides is 1. The Bertz CT molecular complexity index is 1180. The molecule has 0 aliphatic heterocycles. The fraction of sp³-hybridized carbons (Fsp3) is 0.0526. The van der Waals surface area contributed by atoms with E-state index in [2.05, 4.69) is 35.8 Å². The number of hydrazone groups is 1. The highest BCUT2D eigenvalue weighted by molar-refractivity contribution is 5.99. The second-order valence-corrected chi connectivity index (χ2v) is 6.09. The van der Waals surface area contributed by atoms with Gasteiger partial charge < -0.3 is 5.73 Å². The number of hydrogen-bond donors (Lipinski definition) is 2. The van der Waals surface area contributed by atoms with Crippen LogP contribution in [-0.2, 0) is 0 Å². The lowest BCUT2D eigenvalue weighted by Crippen LogP contribution is -2.22. The van der Waals surface area contributed by atoms with Crippen molar-refractivity contribution >= 4 is 17.9 Å². The van der Waals surface area contributed by atoms with Gasteiger partial charge in [0.05, 0.1) is 6.21 Å². The molecule has 0 fully saturated rings. The highest BCUT2D eigenvalue weighted by Crippen LogP contribution is 2.24. The largest absolute Gasteiger partial charge is 0.378 e. The van der Waals surface area contributed by atoms with Gasteiger partial charge in [-0.05, 0) is 28.4 Å². The van der Waals surface area contributed by atoms with E-state index in [-0.39, 0.29) is 17.3 Å². The van der Waals surface area contributed by atoms with Crippen LogP contribution in [0, 0.1) is 6.92 Å². The van der Waals surface area contributed by atoms with Gasteiger partial charge in [0.2, 0.25) is 11.6 Å². The number of nitrogen functional groups attached to an aromatic ring is 1. The maximum atomic E-state index is 13.0. The molecule has 0 saturated heterocycles. The van der Waals surface area contributed by atoms with Crippen LogP contribution in [-0.4, -0.2) is 37.4 Å². The lowest BCUT2D eigenvalue weighted by Gasteiger charge is -2.05. The molecule has 10 nitrogen and oxygen atoms in total. The number of nitrogens with two attached hydrogens (primary N) is 1. The zero-order valence-electron chi connectivity index (χ0n) is 15.4. The van der Waals surface area contributed by atoms with Crippen molar-refractivity contribution in [3.8, 4) is 17.1 Å². The van der Waals surface area contributed by atoms with Gasteiger partial charge in [0.1, 0.15) is 5.69 Å². The normalized spacial score (nSPS) is 11.1. The first-order valence-corrected chi connectivity index (χ1v) is 8.63. The molecule has 0 aliphatic rings. The molecule has 0 saturated carbocycles. The van der Waals surface area contributed by atoms with Crippen LogP contribution in [0.1, 0.15) is 21.6 Å². The van der Waals surface area contributed by atoms with Crippen molar-refractivity contribution < 1.29 is 9.42 Å². The summed E-state index contributed by atoms with van der Waals surface area (Å²) < 4.78 is 5.80. The summed E-state index contributed by atoms with van der Waals surface area (Å²) in [4.78, 5) is 13.0. The maximum absolute atomic E-state index is 13.0. The standard InChI is InChI=1S/C19H16N8O2/c1-12-7-5-6-10-14(12)11-21-23-19(28)16-15(13-8-3-2-4-9-13)22-26-27(16)18-17(20)24-29-25-18/h2-11H,1H3,(H2,20,24)(H,23,28). The van der Waals surface area contributed by atoms with Gasteiger partial charge >= 0.3 is 0 Å². The molecule has 4 aromatic rings. The van der Waals surface area contributed by atoms with Gasteiger partial charge in [0, 0.05) is 5.56 Å². The number of anilines is 1. The van der Waals surface area contributed by atoms with E-state index in [4.69, 9.17) is 5.73 Å². The van der Waals surface area contributed by atoms with E-state index in [0.29, 0.717) is 11.3 Å². The Morgan fingerprint density at radius 2 is 1.90 bits per heavy atom. The van der Waals surface area contributed by atoms with Crippen LogP contribution in [0.5, 0.6) is 0 Å². The van der Waals surface area contributed by atoms with Gasteiger partial charge in [0.15, 0.2) is 5.69 Å². The van der Waals surface area contributed by atoms with Gasteiger partial charge in [-0.2, -0.15) is 9.78 Å². The average Bonchev–Trinajstić information content (AvgIpc) is 3.36. The Morgan fingerprint density at radius 1 is 1.14 bits per heavy atom. The molecular weight excluding hydrogens is 372 g/mol. The Balaban J connectivity index is 1.71. The zero-order chi connectivity index (χ0) is 20.2. The first-order chi connectivity index (χ1) is 14.1. The quantitative estimate of drug-likeness (QED) is 0.394. The number of rotatable bonds is 5. The van der Waals surface area contributed by atoms with Crippen LogP contribution in [0.25, 0.3) is 17.1 Å². The molecule has 0 unspecified atom stereocenters. The number of carbonyl (C=O) groups excluding carboxylic acids is 1. The summed E-state index contributed by atoms with van der Waals surface area (Å²) in [6.07, 6.45) is 1.57. The Hall–Kier alpha value is -4.34. The lowest BCUT2D eigenvalue weighted by atomic mass is 10.1. The molecule has 29 heavy (non-hydrogen) atoms. The fourth-order valence-corrected chi connectivity index (χ4v) is 2.71. The minimum Gasteiger partial charge on any atom is -0.378 e. The number of nitrogens with one attached hydrogen (secondary N) is 1. The second-order valence-electron chi connectivity index (χ2n) is 6.09. The van der Waals surface area contributed by atoms with E-state index in [1.165, 1.54) is 4.68 Å². The number of aryl methyl sites for hydroxylation is 1. The Morgan fingerprint density at radius 3 is 2.62 bits per heavy atom. The minimum absolute atomic E-state index is 0.0213. The molecule has 3 N–H and O–H groups in total. The van der Waals surface area contributed by atoms with E-state index >= 15 is 0 Å². The van der Waals surface area contributed by atoms with Crippen molar-refractivity contribution in [3.05, 3.63) is 71.4 Å². The van der Waals surface area contributed by atoms with Crippen LogP contribution < -0.4 is 11.2 Å². The first-order valence-electron chi connectivity index (χ1n) is 8.63. The topological polar surface area (TPSA) is 137 Å². The number of aromatic nitrogens is 5. The van der Waals surface area contributed by atoms with E-state index in [1.807, 2.05) is 61.5 Å². The molecule has 4 rings (SSSR count). The van der Waals surface area contributed by atoms with Crippen LogP contribution >= 0.6 is 0 Å². The van der Waals surface area contributed by atoms with Crippen molar-refractivity contribution in [1.82, 2.24) is 30.7 Å². The summed E-state index contributed by atoms with van der Waals surface area (Å²) >= 11 is 0. The summed E-state index contributed by atoms with van der Waals surface area (Å²) in [7, 11) is 0. The molecular formula is C19H16N8O2. The van der Waals surface area contributed by atoms with Crippen molar-refractivity contribution in [2.24, 2.45) is 5.10 Å². The van der Waals surface area contributed by atoms with E-state index in [0.717, 1.165) is 11.1 Å². The summed E-state index contributed by atoms with van der Waals surface area (Å²) in [6, 6.07) is 16.8. The third kappa shape index (κ3) is 3.58. The van der Waals surface area contributed by atoms with Crippen LogP contribution in [0.2, 0.25) is 0 Å². The lowest BCUT2D eigenvalue weighted by molar-refractivity contribution is 0.0948. The minimum atomic E-state index is -0.541. The molecule has 0 atom stereocenters. The molecule has 0 bridgehead atoms. The van der Waals surface area contributed by atoms with Gasteiger partial charge in [-0.25, -0.2) is 10.1 Å². The van der Waals surface area contributed by atoms with Gasteiger partial charge in [-0.1, -0.05) is 59.8 Å². The van der Waals surface area contributed by atoms with Gasteiger partial charge in [-0.3, -0.25) is 4.79 Å². The third-order valence-electron chi connectivity index (χ3n) is 4.19. The van der Waals surface area contributed by atoms with Crippen LogP contribution in [0.15, 0.2) is 64.3 Å². The SMILES string of the molecule is Cc1ccccc1C=NNC(=O)c1c(-c2ccccc2)nnn1-c1nonc1N. The Kier molecular flexibility index (Phi) is 4.81. The molecule has 144 valence electrons. The van der Waals surface area contributed by atoms with E-state index in [9.17, 15) is 4.79 Å². The fourth-order valence-electron chi connectivity index (χ4n) is 2.71. The predicted molar refractivity (Wildman–Crippen MR) is 105 cm³/mol. The molecule has 2 heterocycles. The second kappa shape index (κ2) is 7.72. The molecule has 2 aromatic carbocycles. The third-order valence-corrected chi connectivity index (χ3v) is 4.19. The van der Waals surface area contributed by atoms with Gasteiger partial charge in [0.25, 0.3) is 5.91 Å². The molecule has 1 amide bonds. The summed E-state index contributed by atoms with van der Waals surface area (Å²) in [5.41, 5.74) is 11.3. The summed E-state index contributed by atoms with van der Waals surface area (Å²) in [5.74, 6) is -0.499. The number of hydrogen-bond acceptors (Lipinski definition) is 8. The average molecular weight is 388 g/mol.